The molecule has 170 valence electrons. The molecule has 1 amide bonds. The van der Waals surface area contributed by atoms with E-state index < -0.39 is 11.7 Å². The normalized spacial score (nSPS) is 16.4. The highest BCUT2D eigenvalue weighted by Gasteiger charge is 2.27. The van der Waals surface area contributed by atoms with Gasteiger partial charge in [0.1, 0.15) is 17.2 Å². The third-order valence-corrected chi connectivity index (χ3v) is 5.64. The molecular formula is C22H26Cl2N6O2. The van der Waals surface area contributed by atoms with Crippen molar-refractivity contribution in [2.45, 2.75) is 45.4 Å². The summed E-state index contributed by atoms with van der Waals surface area (Å²) in [5.74, 6) is 1.61. The Morgan fingerprint density at radius 1 is 1.25 bits per heavy atom. The number of nitrogens with one attached hydrogen (secondary N) is 2. The fourth-order valence-electron chi connectivity index (χ4n) is 3.60. The summed E-state index contributed by atoms with van der Waals surface area (Å²) < 4.78 is 7.12. The summed E-state index contributed by atoms with van der Waals surface area (Å²) in [6.07, 6.45) is 2.13. The van der Waals surface area contributed by atoms with Gasteiger partial charge >= 0.3 is 6.09 Å². The topological polar surface area (TPSA) is 83.8 Å². The summed E-state index contributed by atoms with van der Waals surface area (Å²) in [4.78, 5) is 19.0. The van der Waals surface area contributed by atoms with Gasteiger partial charge in [0.15, 0.2) is 5.65 Å². The van der Waals surface area contributed by atoms with Crippen LogP contribution in [0.3, 0.4) is 0 Å². The molecule has 1 aromatic carbocycles. The summed E-state index contributed by atoms with van der Waals surface area (Å²) in [6.45, 7) is 7.49. The van der Waals surface area contributed by atoms with Gasteiger partial charge in [-0.3, -0.25) is 0 Å². The van der Waals surface area contributed by atoms with Crippen LogP contribution in [0.15, 0.2) is 36.5 Å². The van der Waals surface area contributed by atoms with Crippen LogP contribution >= 0.6 is 23.2 Å². The van der Waals surface area contributed by atoms with Gasteiger partial charge in [0, 0.05) is 41.8 Å². The van der Waals surface area contributed by atoms with Crippen LogP contribution in [0.1, 0.15) is 32.8 Å². The van der Waals surface area contributed by atoms with Gasteiger partial charge in [0.05, 0.1) is 12.2 Å². The van der Waals surface area contributed by atoms with Crippen molar-refractivity contribution >= 4 is 46.6 Å². The Bertz CT molecular complexity index is 1130. The van der Waals surface area contributed by atoms with E-state index in [4.69, 9.17) is 32.9 Å². The number of fused-ring (bicyclic) bond motifs is 1. The predicted octanol–water partition coefficient (Wildman–Crippen LogP) is 4.75. The predicted molar refractivity (Wildman–Crippen MR) is 127 cm³/mol. The average Bonchev–Trinajstić information content (AvgIpc) is 3.34. The van der Waals surface area contributed by atoms with Crippen molar-refractivity contribution in [3.05, 3.63) is 52.1 Å². The minimum absolute atomic E-state index is 0.00271. The van der Waals surface area contributed by atoms with E-state index in [0.717, 1.165) is 35.8 Å². The number of amides is 1. The van der Waals surface area contributed by atoms with Crippen molar-refractivity contribution in [2.75, 3.05) is 23.3 Å². The van der Waals surface area contributed by atoms with Crippen LogP contribution in [-0.2, 0) is 11.3 Å². The molecule has 3 aromatic rings. The van der Waals surface area contributed by atoms with Crippen LogP contribution in [0.2, 0.25) is 10.0 Å². The van der Waals surface area contributed by atoms with Crippen LogP contribution in [0.4, 0.5) is 16.4 Å². The zero-order valence-electron chi connectivity index (χ0n) is 18.2. The van der Waals surface area contributed by atoms with Gasteiger partial charge < -0.3 is 20.3 Å². The van der Waals surface area contributed by atoms with Gasteiger partial charge in [-0.2, -0.15) is 9.61 Å². The molecule has 32 heavy (non-hydrogen) atoms. The van der Waals surface area contributed by atoms with Crippen molar-refractivity contribution in [1.82, 2.24) is 19.9 Å². The van der Waals surface area contributed by atoms with E-state index in [9.17, 15) is 4.79 Å². The Hall–Kier alpha value is -2.71. The highest BCUT2D eigenvalue weighted by atomic mass is 35.5. The number of nitrogens with zero attached hydrogens (tertiary/aromatic N) is 4. The summed E-state index contributed by atoms with van der Waals surface area (Å²) in [7, 11) is 0. The molecular weight excluding hydrogens is 451 g/mol. The number of halogens is 2. The highest BCUT2D eigenvalue weighted by Crippen LogP contribution is 2.25. The molecule has 0 spiro atoms. The van der Waals surface area contributed by atoms with Crippen molar-refractivity contribution in [1.29, 1.82) is 0 Å². The fraction of sp³-hybridized carbons (Fsp3) is 0.409. The van der Waals surface area contributed by atoms with Gasteiger partial charge in [-0.05, 0) is 44.9 Å². The summed E-state index contributed by atoms with van der Waals surface area (Å²) in [5, 5.41) is 11.9. The minimum atomic E-state index is -0.523. The first-order valence-corrected chi connectivity index (χ1v) is 11.2. The van der Waals surface area contributed by atoms with Crippen molar-refractivity contribution in [2.24, 2.45) is 0 Å². The second kappa shape index (κ2) is 9.03. The van der Waals surface area contributed by atoms with Gasteiger partial charge in [-0.1, -0.05) is 29.3 Å². The number of aromatic nitrogens is 3. The number of hydrogen-bond donors (Lipinski definition) is 2. The molecule has 1 aliphatic heterocycles. The molecule has 2 N–H and O–H groups in total. The quantitative estimate of drug-likeness (QED) is 0.552. The first kappa shape index (κ1) is 22.5. The van der Waals surface area contributed by atoms with Crippen LogP contribution < -0.4 is 15.5 Å². The second-order valence-corrected chi connectivity index (χ2v) is 9.61. The largest absolute Gasteiger partial charge is 0.444 e. The van der Waals surface area contributed by atoms with Crippen LogP contribution in [0, 0.1) is 0 Å². The Labute approximate surface area is 196 Å². The standard InChI is InChI=1S/C22H26Cl2N6O2/c1-22(2,3)32-21(31)27-16-7-9-29(13-16)20-11-19(30-18(28-20)6-8-26-30)25-12-14-4-5-15(23)10-17(14)24/h4-6,8,10-11,16,25H,7,9,12-13H2,1-3H3,(H,27,31). The molecule has 1 saturated heterocycles. The number of ether oxygens (including phenoxy) is 1. The van der Waals surface area contributed by atoms with Gasteiger partial charge in [-0.25, -0.2) is 9.78 Å². The van der Waals surface area contributed by atoms with E-state index in [-0.39, 0.29) is 6.04 Å². The lowest BCUT2D eigenvalue weighted by Gasteiger charge is -2.22. The van der Waals surface area contributed by atoms with Gasteiger partial charge in [0.25, 0.3) is 0 Å². The molecule has 10 heteroatoms. The molecule has 0 radical (unpaired) electrons. The summed E-state index contributed by atoms with van der Waals surface area (Å²) in [5.41, 5.74) is 1.14. The van der Waals surface area contributed by atoms with Crippen molar-refractivity contribution in [3.8, 4) is 0 Å². The van der Waals surface area contributed by atoms with Crippen molar-refractivity contribution in [3.63, 3.8) is 0 Å². The molecule has 1 aliphatic rings. The number of carbonyl (C=O) groups is 1. The molecule has 0 bridgehead atoms. The fourth-order valence-corrected chi connectivity index (χ4v) is 4.07. The first-order valence-electron chi connectivity index (χ1n) is 10.4. The number of benzene rings is 1. The Morgan fingerprint density at radius 3 is 2.81 bits per heavy atom. The third-order valence-electron chi connectivity index (χ3n) is 5.05. The molecule has 1 atom stereocenters. The SMILES string of the molecule is CC(C)(C)OC(=O)NC1CCN(c2cc(NCc3ccc(Cl)cc3Cl)n3nccc3n2)C1. The molecule has 0 saturated carbocycles. The summed E-state index contributed by atoms with van der Waals surface area (Å²) in [6, 6.07) is 9.25. The maximum atomic E-state index is 12.1. The lowest BCUT2D eigenvalue weighted by atomic mass is 10.2. The van der Waals surface area contributed by atoms with E-state index in [1.54, 1.807) is 16.8 Å². The molecule has 1 unspecified atom stereocenters. The lowest BCUT2D eigenvalue weighted by molar-refractivity contribution is 0.0509. The van der Waals surface area contributed by atoms with E-state index in [0.29, 0.717) is 23.1 Å². The number of carbonyl (C=O) groups excluding carboxylic acids is 1. The maximum absolute atomic E-state index is 12.1. The van der Waals surface area contributed by atoms with Crippen molar-refractivity contribution < 1.29 is 9.53 Å². The minimum Gasteiger partial charge on any atom is -0.444 e. The lowest BCUT2D eigenvalue weighted by Crippen LogP contribution is -2.40. The number of hydrogen-bond acceptors (Lipinski definition) is 6. The van der Waals surface area contributed by atoms with Crippen LogP contribution in [-0.4, -0.2) is 45.4 Å². The molecule has 2 aromatic heterocycles. The van der Waals surface area contributed by atoms with Gasteiger partial charge in [0.2, 0.25) is 0 Å². The molecule has 1 fully saturated rings. The third kappa shape index (κ3) is 5.37. The molecule has 8 nitrogen and oxygen atoms in total. The Balaban J connectivity index is 1.47. The first-order chi connectivity index (χ1) is 15.2. The molecule has 0 aliphatic carbocycles. The zero-order chi connectivity index (χ0) is 22.9. The van der Waals surface area contributed by atoms with Crippen LogP contribution in [0.25, 0.3) is 5.65 Å². The number of anilines is 2. The Morgan fingerprint density at radius 2 is 2.06 bits per heavy atom. The highest BCUT2D eigenvalue weighted by molar-refractivity contribution is 6.35. The van der Waals surface area contributed by atoms with E-state index in [1.807, 2.05) is 45.0 Å². The maximum Gasteiger partial charge on any atom is 0.407 e. The van der Waals surface area contributed by atoms with E-state index in [2.05, 4.69) is 20.6 Å². The smallest absolute Gasteiger partial charge is 0.407 e. The number of alkyl carbamates (subject to hydrolysis) is 1. The van der Waals surface area contributed by atoms with Gasteiger partial charge in [-0.15, -0.1) is 0 Å². The van der Waals surface area contributed by atoms with E-state index in [1.165, 1.54) is 0 Å². The Kier molecular flexibility index (Phi) is 6.35. The second-order valence-electron chi connectivity index (χ2n) is 8.77. The average molecular weight is 477 g/mol. The number of rotatable bonds is 5. The van der Waals surface area contributed by atoms with E-state index >= 15 is 0 Å². The van der Waals surface area contributed by atoms with Crippen LogP contribution in [0.5, 0.6) is 0 Å². The zero-order valence-corrected chi connectivity index (χ0v) is 19.7. The molecule has 4 rings (SSSR count). The monoisotopic (exact) mass is 476 g/mol. The summed E-state index contributed by atoms with van der Waals surface area (Å²) >= 11 is 12.3. The molecule has 3 heterocycles.